The van der Waals surface area contributed by atoms with Gasteiger partial charge in [0.1, 0.15) is 0 Å². The minimum atomic E-state index is -0.864. The van der Waals surface area contributed by atoms with Crippen LogP contribution in [0.3, 0.4) is 0 Å². The predicted molar refractivity (Wildman–Crippen MR) is 60.7 cm³/mol. The zero-order valence-electron chi connectivity index (χ0n) is 8.68. The fourth-order valence-electron chi connectivity index (χ4n) is 1.23. The minimum Gasteiger partial charge on any atom is -0.478 e. The standard InChI is InChI=1S/C13H14O2/c1-2-3-9-12(13(14)15)10-11-7-5-4-6-8-11/h2-9H,10H2,1H3,(H,14,15)/b3-2+,12-9+. The van der Waals surface area contributed by atoms with Gasteiger partial charge in [0, 0.05) is 12.0 Å². The molecule has 1 aromatic carbocycles. The van der Waals surface area contributed by atoms with Crippen molar-refractivity contribution < 1.29 is 9.90 Å². The Bertz CT molecular complexity index is 375. The first-order valence-electron chi connectivity index (χ1n) is 4.83. The van der Waals surface area contributed by atoms with Crippen LogP contribution < -0.4 is 0 Å². The van der Waals surface area contributed by atoms with E-state index in [0.717, 1.165) is 5.56 Å². The van der Waals surface area contributed by atoms with E-state index in [1.807, 2.05) is 43.3 Å². The molecular formula is C13H14O2. The molecule has 0 spiro atoms. The Kier molecular flexibility index (Phi) is 4.35. The van der Waals surface area contributed by atoms with Crippen molar-refractivity contribution in [3.63, 3.8) is 0 Å². The molecule has 0 saturated heterocycles. The Hall–Kier alpha value is -1.83. The molecule has 0 amide bonds. The van der Waals surface area contributed by atoms with Crippen molar-refractivity contribution in [2.45, 2.75) is 13.3 Å². The van der Waals surface area contributed by atoms with Crippen molar-refractivity contribution in [1.29, 1.82) is 0 Å². The van der Waals surface area contributed by atoms with E-state index in [1.54, 1.807) is 12.2 Å². The van der Waals surface area contributed by atoms with Gasteiger partial charge in [-0.1, -0.05) is 48.6 Å². The van der Waals surface area contributed by atoms with E-state index in [0.29, 0.717) is 12.0 Å². The number of hydrogen-bond donors (Lipinski definition) is 1. The number of allylic oxidation sites excluding steroid dienone is 3. The molecule has 0 saturated carbocycles. The first-order valence-corrected chi connectivity index (χ1v) is 4.83. The van der Waals surface area contributed by atoms with Gasteiger partial charge in [0.15, 0.2) is 0 Å². The maximum atomic E-state index is 10.9. The lowest BCUT2D eigenvalue weighted by atomic mass is 10.1. The topological polar surface area (TPSA) is 37.3 Å². The molecule has 0 aliphatic carbocycles. The van der Waals surface area contributed by atoms with Crippen LogP contribution in [0.4, 0.5) is 0 Å². The summed E-state index contributed by atoms with van der Waals surface area (Å²) in [7, 11) is 0. The van der Waals surface area contributed by atoms with E-state index in [-0.39, 0.29) is 0 Å². The van der Waals surface area contributed by atoms with E-state index in [2.05, 4.69) is 0 Å². The number of carbonyl (C=O) groups is 1. The molecule has 0 aliphatic rings. The molecule has 1 rings (SSSR count). The van der Waals surface area contributed by atoms with Crippen LogP contribution in [-0.4, -0.2) is 11.1 Å². The molecule has 0 fully saturated rings. The molecule has 78 valence electrons. The van der Waals surface area contributed by atoms with Crippen molar-refractivity contribution in [1.82, 2.24) is 0 Å². The predicted octanol–water partition coefficient (Wildman–Crippen LogP) is 2.82. The molecule has 0 bridgehead atoms. The molecular weight excluding hydrogens is 188 g/mol. The van der Waals surface area contributed by atoms with Crippen LogP contribution >= 0.6 is 0 Å². The molecule has 1 N–H and O–H groups in total. The van der Waals surface area contributed by atoms with Crippen LogP contribution in [0, 0.1) is 0 Å². The summed E-state index contributed by atoms with van der Waals surface area (Å²) in [6.45, 7) is 1.86. The van der Waals surface area contributed by atoms with E-state index in [9.17, 15) is 4.79 Å². The van der Waals surface area contributed by atoms with Gasteiger partial charge in [-0.2, -0.15) is 0 Å². The number of carboxylic acid groups (broad SMARTS) is 1. The Morgan fingerprint density at radius 1 is 1.33 bits per heavy atom. The smallest absolute Gasteiger partial charge is 0.331 e. The van der Waals surface area contributed by atoms with Crippen molar-refractivity contribution in [3.05, 3.63) is 59.7 Å². The van der Waals surface area contributed by atoms with E-state index < -0.39 is 5.97 Å². The maximum Gasteiger partial charge on any atom is 0.331 e. The Morgan fingerprint density at radius 2 is 2.00 bits per heavy atom. The number of rotatable bonds is 4. The Balaban J connectivity index is 2.81. The molecule has 0 heterocycles. The molecule has 1 aromatic rings. The Morgan fingerprint density at radius 3 is 2.53 bits per heavy atom. The summed E-state index contributed by atoms with van der Waals surface area (Å²) in [5.41, 5.74) is 1.41. The van der Waals surface area contributed by atoms with Crippen molar-refractivity contribution >= 4 is 5.97 Å². The highest BCUT2D eigenvalue weighted by molar-refractivity contribution is 5.87. The average Bonchev–Trinajstić information content (AvgIpc) is 2.25. The first-order chi connectivity index (χ1) is 7.24. The molecule has 0 radical (unpaired) electrons. The lowest BCUT2D eigenvalue weighted by molar-refractivity contribution is -0.132. The second-order valence-corrected chi connectivity index (χ2v) is 3.19. The minimum absolute atomic E-state index is 0.402. The van der Waals surface area contributed by atoms with Crippen LogP contribution in [0.2, 0.25) is 0 Å². The van der Waals surface area contributed by atoms with E-state index in [4.69, 9.17) is 5.11 Å². The summed E-state index contributed by atoms with van der Waals surface area (Å²) in [5.74, 6) is -0.864. The molecule has 0 aromatic heterocycles. The summed E-state index contributed by atoms with van der Waals surface area (Å²) in [6.07, 6.45) is 5.65. The summed E-state index contributed by atoms with van der Waals surface area (Å²) in [5, 5.41) is 8.96. The summed E-state index contributed by atoms with van der Waals surface area (Å²) >= 11 is 0. The van der Waals surface area contributed by atoms with Crippen LogP contribution in [0.1, 0.15) is 12.5 Å². The van der Waals surface area contributed by atoms with E-state index in [1.165, 1.54) is 0 Å². The van der Waals surface area contributed by atoms with Gasteiger partial charge in [0.25, 0.3) is 0 Å². The zero-order chi connectivity index (χ0) is 11.1. The van der Waals surface area contributed by atoms with Crippen LogP contribution in [-0.2, 0) is 11.2 Å². The Labute approximate surface area is 89.6 Å². The van der Waals surface area contributed by atoms with Gasteiger partial charge in [-0.05, 0) is 12.5 Å². The van der Waals surface area contributed by atoms with Gasteiger partial charge in [-0.3, -0.25) is 0 Å². The summed E-state index contributed by atoms with van der Waals surface area (Å²) in [6, 6.07) is 9.58. The fraction of sp³-hybridized carbons (Fsp3) is 0.154. The summed E-state index contributed by atoms with van der Waals surface area (Å²) in [4.78, 5) is 10.9. The fourth-order valence-corrected chi connectivity index (χ4v) is 1.23. The molecule has 0 unspecified atom stereocenters. The normalized spacial score (nSPS) is 11.9. The number of benzene rings is 1. The highest BCUT2D eigenvalue weighted by Gasteiger charge is 2.06. The second-order valence-electron chi connectivity index (χ2n) is 3.19. The van der Waals surface area contributed by atoms with Crippen molar-refractivity contribution in [2.75, 3.05) is 0 Å². The van der Waals surface area contributed by atoms with Gasteiger partial charge in [-0.15, -0.1) is 0 Å². The number of aliphatic carboxylic acids is 1. The third-order valence-electron chi connectivity index (χ3n) is 2.00. The molecule has 15 heavy (non-hydrogen) atoms. The van der Waals surface area contributed by atoms with E-state index >= 15 is 0 Å². The lowest BCUT2D eigenvalue weighted by Gasteiger charge is -2.01. The zero-order valence-corrected chi connectivity index (χ0v) is 8.68. The number of carboxylic acids is 1. The van der Waals surface area contributed by atoms with Gasteiger partial charge in [-0.25, -0.2) is 4.79 Å². The average molecular weight is 202 g/mol. The lowest BCUT2D eigenvalue weighted by Crippen LogP contribution is -2.03. The highest BCUT2D eigenvalue weighted by atomic mass is 16.4. The monoisotopic (exact) mass is 202 g/mol. The third-order valence-corrected chi connectivity index (χ3v) is 2.00. The largest absolute Gasteiger partial charge is 0.478 e. The molecule has 0 atom stereocenters. The van der Waals surface area contributed by atoms with Gasteiger partial charge >= 0.3 is 5.97 Å². The molecule has 2 heteroatoms. The van der Waals surface area contributed by atoms with Gasteiger partial charge in [0.2, 0.25) is 0 Å². The first kappa shape index (κ1) is 11.2. The van der Waals surface area contributed by atoms with Crippen LogP contribution in [0.5, 0.6) is 0 Å². The number of hydrogen-bond acceptors (Lipinski definition) is 1. The quantitative estimate of drug-likeness (QED) is 0.602. The second kappa shape index (κ2) is 5.81. The highest BCUT2D eigenvalue weighted by Crippen LogP contribution is 2.08. The third kappa shape index (κ3) is 3.81. The van der Waals surface area contributed by atoms with Gasteiger partial charge in [0.05, 0.1) is 0 Å². The van der Waals surface area contributed by atoms with Crippen molar-refractivity contribution in [2.24, 2.45) is 0 Å². The maximum absolute atomic E-state index is 10.9. The van der Waals surface area contributed by atoms with Crippen LogP contribution in [0.25, 0.3) is 0 Å². The summed E-state index contributed by atoms with van der Waals surface area (Å²) < 4.78 is 0. The van der Waals surface area contributed by atoms with Gasteiger partial charge < -0.3 is 5.11 Å². The van der Waals surface area contributed by atoms with Crippen LogP contribution in [0.15, 0.2) is 54.1 Å². The molecule has 2 nitrogen and oxygen atoms in total. The molecule has 0 aliphatic heterocycles. The SMILES string of the molecule is C/C=C/C=C(\Cc1ccccc1)C(=O)O. The van der Waals surface area contributed by atoms with Crippen molar-refractivity contribution in [3.8, 4) is 0 Å².